The fourth-order valence-corrected chi connectivity index (χ4v) is 1.98. The highest BCUT2D eigenvalue weighted by Crippen LogP contribution is 2.28. The van der Waals surface area contributed by atoms with Crippen LogP contribution in [-0.2, 0) is 0 Å². The van der Waals surface area contributed by atoms with Gasteiger partial charge in [-0.3, -0.25) is 5.01 Å². The Morgan fingerprint density at radius 2 is 1.91 bits per heavy atom. The lowest BCUT2D eigenvalue weighted by Crippen LogP contribution is -2.08. The average molecular weight is 308 g/mol. The molecule has 0 atom stereocenters. The molecule has 0 saturated carbocycles. The van der Waals surface area contributed by atoms with Crippen molar-refractivity contribution in [2.75, 3.05) is 25.3 Å². The third-order valence-electron chi connectivity index (χ3n) is 3.09. The van der Waals surface area contributed by atoms with Crippen molar-refractivity contribution >= 4 is 11.9 Å². The van der Waals surface area contributed by atoms with Crippen LogP contribution in [0.25, 0.3) is 0 Å². The molecule has 0 amide bonds. The Labute approximate surface area is 137 Å². The van der Waals surface area contributed by atoms with Gasteiger partial charge in [0.15, 0.2) is 11.5 Å². The van der Waals surface area contributed by atoms with Gasteiger partial charge in [0.1, 0.15) is 6.61 Å². The third kappa shape index (κ3) is 4.79. The SMILES string of the molecule is C#CCOc1ccc(/C=N\N(C)c2ccccc2)cc1OCC. The minimum absolute atomic E-state index is 0.213. The normalized spacial score (nSPS) is 10.3. The molecule has 0 aromatic heterocycles. The van der Waals surface area contributed by atoms with Crippen molar-refractivity contribution in [3.63, 3.8) is 0 Å². The zero-order valence-electron chi connectivity index (χ0n) is 13.4. The molecule has 0 aliphatic heterocycles. The first-order valence-corrected chi connectivity index (χ1v) is 7.40. The van der Waals surface area contributed by atoms with Gasteiger partial charge in [0.25, 0.3) is 0 Å². The predicted molar refractivity (Wildman–Crippen MR) is 94.4 cm³/mol. The van der Waals surface area contributed by atoms with Crippen LogP contribution in [0.3, 0.4) is 0 Å². The van der Waals surface area contributed by atoms with Crippen molar-refractivity contribution in [1.82, 2.24) is 0 Å². The standard InChI is InChI=1S/C19H20N2O2/c1-4-13-23-18-12-11-16(14-19(18)22-5-2)15-20-21(3)17-9-7-6-8-10-17/h1,6-12,14-15H,5,13H2,2-3H3/b20-15-. The van der Waals surface area contributed by atoms with Crippen LogP contribution in [0.1, 0.15) is 12.5 Å². The molecule has 0 saturated heterocycles. The van der Waals surface area contributed by atoms with Crippen LogP contribution in [0.2, 0.25) is 0 Å². The molecule has 2 aromatic rings. The maximum absolute atomic E-state index is 5.60. The number of rotatable bonds is 7. The number of hydrazone groups is 1. The summed E-state index contributed by atoms with van der Waals surface area (Å²) in [6, 6.07) is 15.6. The molecule has 0 aliphatic rings. The largest absolute Gasteiger partial charge is 0.490 e. The van der Waals surface area contributed by atoms with Crippen molar-refractivity contribution in [3.05, 3.63) is 54.1 Å². The highest BCUT2D eigenvalue weighted by atomic mass is 16.5. The molecule has 118 valence electrons. The quantitative estimate of drug-likeness (QED) is 0.445. The molecule has 0 unspecified atom stereocenters. The van der Waals surface area contributed by atoms with E-state index in [-0.39, 0.29) is 6.61 Å². The lowest BCUT2D eigenvalue weighted by atomic mass is 10.2. The zero-order valence-corrected chi connectivity index (χ0v) is 13.4. The van der Waals surface area contributed by atoms with Crippen LogP contribution >= 0.6 is 0 Å². The van der Waals surface area contributed by atoms with Crippen LogP contribution in [0.15, 0.2) is 53.6 Å². The lowest BCUT2D eigenvalue weighted by Gasteiger charge is -2.13. The molecular weight excluding hydrogens is 288 g/mol. The summed E-state index contributed by atoms with van der Waals surface area (Å²) < 4.78 is 11.1. The molecule has 2 rings (SSSR count). The summed E-state index contributed by atoms with van der Waals surface area (Å²) in [5.41, 5.74) is 1.94. The first-order valence-electron chi connectivity index (χ1n) is 7.40. The highest BCUT2D eigenvalue weighted by Gasteiger charge is 2.05. The molecule has 23 heavy (non-hydrogen) atoms. The topological polar surface area (TPSA) is 34.1 Å². The average Bonchev–Trinajstić information content (AvgIpc) is 2.60. The van der Waals surface area contributed by atoms with Crippen molar-refractivity contribution in [2.45, 2.75) is 6.92 Å². The van der Waals surface area contributed by atoms with Crippen LogP contribution < -0.4 is 14.5 Å². The van der Waals surface area contributed by atoms with E-state index in [1.54, 1.807) is 6.21 Å². The molecule has 0 spiro atoms. The summed E-state index contributed by atoms with van der Waals surface area (Å²) >= 11 is 0. The molecule has 0 heterocycles. The van der Waals surface area contributed by atoms with Crippen molar-refractivity contribution in [2.24, 2.45) is 5.10 Å². The number of terminal acetylenes is 1. The smallest absolute Gasteiger partial charge is 0.162 e. The summed E-state index contributed by atoms with van der Waals surface area (Å²) in [5.74, 6) is 3.75. The molecule has 0 radical (unpaired) electrons. The van der Waals surface area contributed by atoms with Crippen molar-refractivity contribution < 1.29 is 9.47 Å². The summed E-state index contributed by atoms with van der Waals surface area (Å²) in [6.07, 6.45) is 7.00. The monoisotopic (exact) mass is 308 g/mol. The summed E-state index contributed by atoms with van der Waals surface area (Å²) in [4.78, 5) is 0. The van der Waals surface area contributed by atoms with Gasteiger partial charge in [0.2, 0.25) is 0 Å². The van der Waals surface area contributed by atoms with Crippen LogP contribution in [0.5, 0.6) is 11.5 Å². The third-order valence-corrected chi connectivity index (χ3v) is 3.09. The van der Waals surface area contributed by atoms with E-state index in [1.807, 2.05) is 67.5 Å². The van der Waals surface area contributed by atoms with E-state index in [0.717, 1.165) is 11.3 Å². The molecule has 0 aliphatic carbocycles. The molecule has 0 bridgehead atoms. The second-order valence-electron chi connectivity index (χ2n) is 4.74. The van der Waals surface area contributed by atoms with Gasteiger partial charge in [-0.15, -0.1) is 6.42 Å². The van der Waals surface area contributed by atoms with Crippen LogP contribution in [0.4, 0.5) is 5.69 Å². The van der Waals surface area contributed by atoms with E-state index in [4.69, 9.17) is 15.9 Å². The van der Waals surface area contributed by atoms with Gasteiger partial charge >= 0.3 is 0 Å². The lowest BCUT2D eigenvalue weighted by molar-refractivity contribution is 0.299. The predicted octanol–water partition coefficient (Wildman–Crippen LogP) is 3.57. The minimum atomic E-state index is 0.213. The first kappa shape index (κ1) is 16.4. The number of hydrogen-bond acceptors (Lipinski definition) is 4. The zero-order chi connectivity index (χ0) is 16.5. The molecule has 0 fully saturated rings. The summed E-state index contributed by atoms with van der Waals surface area (Å²) in [5, 5.41) is 6.25. The van der Waals surface area contributed by atoms with E-state index in [0.29, 0.717) is 18.1 Å². The van der Waals surface area contributed by atoms with Gasteiger partial charge in [0, 0.05) is 7.05 Å². The molecule has 0 N–H and O–H groups in total. The maximum atomic E-state index is 5.60. The van der Waals surface area contributed by atoms with E-state index in [2.05, 4.69) is 11.0 Å². The Kier molecular flexibility index (Phi) is 6.07. The number of ether oxygens (including phenoxy) is 2. The Bertz CT molecular complexity index is 690. The van der Waals surface area contributed by atoms with Gasteiger partial charge in [-0.2, -0.15) is 5.10 Å². The number of anilines is 1. The van der Waals surface area contributed by atoms with Gasteiger partial charge in [-0.05, 0) is 42.8 Å². The Balaban J connectivity index is 2.15. The molecule has 4 nitrogen and oxygen atoms in total. The van der Waals surface area contributed by atoms with Crippen LogP contribution in [0, 0.1) is 12.3 Å². The Morgan fingerprint density at radius 1 is 1.13 bits per heavy atom. The number of hydrogen-bond donors (Lipinski definition) is 0. The number of benzene rings is 2. The number of nitrogens with zero attached hydrogens (tertiary/aromatic N) is 2. The molecular formula is C19H20N2O2. The van der Waals surface area contributed by atoms with Crippen molar-refractivity contribution in [1.29, 1.82) is 0 Å². The Morgan fingerprint density at radius 3 is 2.61 bits per heavy atom. The second kappa shape index (κ2) is 8.50. The Hall–Kier alpha value is -2.93. The van der Waals surface area contributed by atoms with Gasteiger partial charge < -0.3 is 9.47 Å². The fraction of sp³-hybridized carbons (Fsp3) is 0.211. The number of para-hydroxylation sites is 1. The van der Waals surface area contributed by atoms with E-state index >= 15 is 0 Å². The van der Waals surface area contributed by atoms with Gasteiger partial charge in [0.05, 0.1) is 18.5 Å². The summed E-state index contributed by atoms with van der Waals surface area (Å²) in [7, 11) is 1.90. The fourth-order valence-electron chi connectivity index (χ4n) is 1.98. The van der Waals surface area contributed by atoms with Crippen molar-refractivity contribution in [3.8, 4) is 23.8 Å². The van der Waals surface area contributed by atoms with E-state index in [1.165, 1.54) is 0 Å². The van der Waals surface area contributed by atoms with Gasteiger partial charge in [-0.1, -0.05) is 24.1 Å². The maximum Gasteiger partial charge on any atom is 0.162 e. The summed E-state index contributed by atoms with van der Waals surface area (Å²) in [6.45, 7) is 2.69. The first-order chi connectivity index (χ1) is 11.2. The molecule has 2 aromatic carbocycles. The van der Waals surface area contributed by atoms with E-state index in [9.17, 15) is 0 Å². The van der Waals surface area contributed by atoms with Crippen LogP contribution in [-0.4, -0.2) is 26.5 Å². The highest BCUT2D eigenvalue weighted by molar-refractivity contribution is 5.81. The van der Waals surface area contributed by atoms with E-state index < -0.39 is 0 Å². The minimum Gasteiger partial charge on any atom is -0.490 e. The van der Waals surface area contributed by atoms with Gasteiger partial charge in [-0.25, -0.2) is 0 Å². The molecule has 4 heteroatoms. The second-order valence-corrected chi connectivity index (χ2v) is 4.74.